The van der Waals surface area contributed by atoms with Crippen LogP contribution in [-0.2, 0) is 0 Å². The smallest absolute Gasteiger partial charge is 0.184 e. The normalized spacial score (nSPS) is 13.1. The van der Waals surface area contributed by atoms with Crippen molar-refractivity contribution in [2.75, 3.05) is 4.90 Å². The van der Waals surface area contributed by atoms with Crippen molar-refractivity contribution in [3.05, 3.63) is 249 Å². The van der Waals surface area contributed by atoms with Gasteiger partial charge in [0.15, 0.2) is 16.1 Å². The van der Waals surface area contributed by atoms with Gasteiger partial charge in [-0.05, 0) is 84.0 Å². The molecule has 0 radical (unpaired) electrons. The molecule has 0 saturated heterocycles. The molecule has 0 bridgehead atoms. The molecule has 1 aliphatic rings. The summed E-state index contributed by atoms with van der Waals surface area (Å²) in [5.41, 5.74) is 6.02. The first-order valence-corrected chi connectivity index (χ1v) is 25.8. The van der Waals surface area contributed by atoms with Gasteiger partial charge in [-0.3, -0.25) is 9.88 Å². The number of fused-ring (bicyclic) bond motifs is 6. The van der Waals surface area contributed by atoms with Crippen molar-refractivity contribution < 1.29 is 4.42 Å². The van der Waals surface area contributed by atoms with Crippen molar-refractivity contribution in [1.29, 1.82) is 0 Å². The first-order valence-electron chi connectivity index (χ1n) is 21.8. The summed E-state index contributed by atoms with van der Waals surface area (Å²) in [4.78, 5) is 12.5. The molecule has 0 spiro atoms. The number of furan rings is 1. The maximum absolute atomic E-state index is 6.74. The summed E-state index contributed by atoms with van der Waals surface area (Å²) >= 11 is 0. The number of benzene rings is 8. The summed E-state index contributed by atoms with van der Waals surface area (Å²) in [5.74, 6) is 0.854. The summed E-state index contributed by atoms with van der Waals surface area (Å²) in [6.45, 7) is 0. The lowest BCUT2D eigenvalue weighted by Crippen LogP contribution is -2.78. The highest BCUT2D eigenvalue weighted by Crippen LogP contribution is 2.44. The third kappa shape index (κ3) is 5.73. The molecule has 0 aliphatic carbocycles. The van der Waals surface area contributed by atoms with Gasteiger partial charge in [0, 0.05) is 29.0 Å². The van der Waals surface area contributed by atoms with E-state index in [-0.39, 0.29) is 0 Å². The molecule has 8 aromatic carbocycles. The number of rotatable bonds is 8. The topological polar surface area (TPSA) is 42.2 Å². The van der Waals surface area contributed by atoms with Crippen LogP contribution in [-0.4, -0.2) is 26.1 Å². The second-order valence-electron chi connectivity index (χ2n) is 16.4. The highest BCUT2D eigenvalue weighted by atomic mass is 28.3. The SMILES string of the molecule is c1ccc([Si](c2ccccc2)(c2cccc(-c3ccccn3)c2)c2ccc3c(c2)N(c2ccccn2)c2c(ccc4oc5ccccc5c24)[Si]3(c2ccccc2)c2ccccc2)cc1. The Bertz CT molecular complexity index is 3360. The van der Waals surface area contributed by atoms with Crippen LogP contribution in [0.4, 0.5) is 17.2 Å². The van der Waals surface area contributed by atoms with Crippen LogP contribution in [0.3, 0.4) is 0 Å². The predicted octanol–water partition coefficient (Wildman–Crippen LogP) is 8.58. The number of hydrogen-bond acceptors (Lipinski definition) is 4. The second kappa shape index (κ2) is 15.5. The van der Waals surface area contributed by atoms with Gasteiger partial charge in [-0.25, -0.2) is 4.98 Å². The van der Waals surface area contributed by atoms with Crippen molar-refractivity contribution in [2.24, 2.45) is 0 Å². The van der Waals surface area contributed by atoms with Gasteiger partial charge < -0.3 is 4.42 Å². The van der Waals surface area contributed by atoms with Crippen molar-refractivity contribution in [3.63, 3.8) is 0 Å². The van der Waals surface area contributed by atoms with Gasteiger partial charge in [-0.15, -0.1) is 0 Å². The summed E-state index contributed by atoms with van der Waals surface area (Å²) in [5, 5.41) is 12.6. The lowest BCUT2D eigenvalue weighted by molar-refractivity contribution is 0.669. The molecule has 4 nitrogen and oxygen atoms in total. The van der Waals surface area contributed by atoms with Crippen LogP contribution in [0.25, 0.3) is 33.2 Å². The Labute approximate surface area is 374 Å². The number of anilines is 3. The fourth-order valence-corrected chi connectivity index (χ4v) is 20.4. The van der Waals surface area contributed by atoms with Crippen LogP contribution in [0, 0.1) is 0 Å². The molecule has 0 saturated carbocycles. The number of aromatic nitrogens is 2. The Morgan fingerprint density at radius 1 is 0.422 bits per heavy atom. The van der Waals surface area contributed by atoms with Crippen LogP contribution < -0.4 is 46.4 Å². The second-order valence-corrected chi connectivity index (χ2v) is 24.0. The molecule has 0 unspecified atom stereocenters. The number of pyridine rings is 2. The van der Waals surface area contributed by atoms with Gasteiger partial charge in [-0.1, -0.05) is 194 Å². The molecule has 1 aliphatic heterocycles. The molecule has 64 heavy (non-hydrogen) atoms. The van der Waals surface area contributed by atoms with E-state index in [2.05, 4.69) is 229 Å². The van der Waals surface area contributed by atoms with Crippen LogP contribution in [0.15, 0.2) is 253 Å². The van der Waals surface area contributed by atoms with Gasteiger partial charge >= 0.3 is 0 Å². The molecule has 0 N–H and O–H groups in total. The number of hydrogen-bond donors (Lipinski definition) is 0. The van der Waals surface area contributed by atoms with Crippen molar-refractivity contribution in [3.8, 4) is 11.3 Å². The van der Waals surface area contributed by atoms with Crippen molar-refractivity contribution >= 4 is 96.8 Å². The maximum Gasteiger partial charge on any atom is 0.184 e. The zero-order valence-corrected chi connectivity index (χ0v) is 36.9. The average molecular weight is 852 g/mol. The minimum absolute atomic E-state index is 0.854. The fraction of sp³-hybridized carbons (Fsp3) is 0. The fourth-order valence-electron chi connectivity index (χ4n) is 10.6. The minimum atomic E-state index is -3.11. The predicted molar refractivity (Wildman–Crippen MR) is 270 cm³/mol. The Morgan fingerprint density at radius 3 is 1.66 bits per heavy atom. The van der Waals surface area contributed by atoms with E-state index in [1.54, 1.807) is 0 Å². The molecule has 0 fully saturated rings. The van der Waals surface area contributed by atoms with Crippen LogP contribution in [0.2, 0.25) is 0 Å². The van der Waals surface area contributed by atoms with Crippen molar-refractivity contribution in [1.82, 2.24) is 9.97 Å². The summed E-state index contributed by atoms with van der Waals surface area (Å²) in [6.07, 6.45) is 3.79. The Kier molecular flexibility index (Phi) is 9.14. The van der Waals surface area contributed by atoms with E-state index >= 15 is 0 Å². The summed E-state index contributed by atoms with van der Waals surface area (Å²) < 4.78 is 6.74. The molecule has 302 valence electrons. The largest absolute Gasteiger partial charge is 0.456 e. The lowest BCUT2D eigenvalue weighted by atomic mass is 10.1. The van der Waals surface area contributed by atoms with Crippen LogP contribution in [0.5, 0.6) is 0 Å². The zero-order chi connectivity index (χ0) is 42.5. The summed E-state index contributed by atoms with van der Waals surface area (Å²) in [6, 6.07) is 87.0. The van der Waals surface area contributed by atoms with E-state index < -0.39 is 16.1 Å². The van der Waals surface area contributed by atoms with E-state index in [9.17, 15) is 0 Å². The van der Waals surface area contributed by atoms with E-state index in [1.165, 1.54) is 41.5 Å². The Morgan fingerprint density at radius 2 is 1.00 bits per heavy atom. The van der Waals surface area contributed by atoms with E-state index in [4.69, 9.17) is 14.4 Å². The van der Waals surface area contributed by atoms with Gasteiger partial charge in [0.05, 0.1) is 16.8 Å². The molecule has 0 amide bonds. The van der Waals surface area contributed by atoms with Crippen LogP contribution >= 0.6 is 0 Å². The average Bonchev–Trinajstić information content (AvgIpc) is 3.77. The molecule has 11 aromatic rings. The first kappa shape index (κ1) is 37.8. The number of para-hydroxylation sites is 1. The standard InChI is InChI=1S/C58H41N3OSi2/c1-5-21-43(22-6-1)63(44-23-7-2-8-24-44,47-29-19-20-42(40-47)50-31-15-17-38-59-50)48-34-36-54-51(41-48)61(56-33-16-18-39-60-56)58-55(37-35-53-57(58)49-30-13-14-32-52(49)62-53)64(54,45-25-9-3-10-26-45)46-27-11-4-12-28-46/h1-41H. The molecular weight excluding hydrogens is 811 g/mol. The monoisotopic (exact) mass is 851 g/mol. The molecule has 12 rings (SSSR count). The first-order chi connectivity index (χ1) is 31.8. The van der Waals surface area contributed by atoms with E-state index in [0.717, 1.165) is 50.4 Å². The lowest BCUT2D eigenvalue weighted by Gasteiger charge is -2.45. The van der Waals surface area contributed by atoms with E-state index in [1.807, 2.05) is 24.5 Å². The third-order valence-electron chi connectivity index (χ3n) is 13.2. The minimum Gasteiger partial charge on any atom is -0.456 e. The quantitative estimate of drug-likeness (QED) is 0.114. The Hall–Kier alpha value is -7.91. The number of nitrogens with zero attached hydrogens (tertiary/aromatic N) is 3. The van der Waals surface area contributed by atoms with E-state index in [0.29, 0.717) is 0 Å². The zero-order valence-electron chi connectivity index (χ0n) is 34.9. The van der Waals surface area contributed by atoms with Crippen molar-refractivity contribution in [2.45, 2.75) is 0 Å². The third-order valence-corrected chi connectivity index (χ3v) is 22.8. The molecule has 3 aromatic heterocycles. The van der Waals surface area contributed by atoms with Crippen LogP contribution in [0.1, 0.15) is 0 Å². The molecule has 6 heteroatoms. The Balaban J connectivity index is 1.27. The van der Waals surface area contributed by atoms with Gasteiger partial charge in [-0.2, -0.15) is 0 Å². The molecule has 4 heterocycles. The highest BCUT2D eigenvalue weighted by molar-refractivity contribution is 7.22. The maximum atomic E-state index is 6.74. The van der Waals surface area contributed by atoms with Gasteiger partial charge in [0.1, 0.15) is 17.0 Å². The van der Waals surface area contributed by atoms with Gasteiger partial charge in [0.2, 0.25) is 0 Å². The highest BCUT2D eigenvalue weighted by Gasteiger charge is 2.51. The van der Waals surface area contributed by atoms with Gasteiger partial charge in [0.25, 0.3) is 0 Å². The molecular formula is C58H41N3OSi2. The molecule has 0 atom stereocenters. The summed E-state index contributed by atoms with van der Waals surface area (Å²) in [7, 11) is -6.22.